The lowest BCUT2D eigenvalue weighted by Gasteiger charge is -2.21. The van der Waals surface area contributed by atoms with E-state index >= 15 is 0 Å². The molecule has 1 heterocycles. The van der Waals surface area contributed by atoms with E-state index in [0.29, 0.717) is 12.6 Å². The highest BCUT2D eigenvalue weighted by Gasteiger charge is 2.25. The van der Waals surface area contributed by atoms with Crippen LogP contribution in [0.15, 0.2) is 12.4 Å². The molecule has 0 saturated heterocycles. The van der Waals surface area contributed by atoms with Gasteiger partial charge >= 0.3 is 0 Å². The van der Waals surface area contributed by atoms with Crippen molar-refractivity contribution >= 4 is 5.82 Å². The van der Waals surface area contributed by atoms with Gasteiger partial charge in [0.25, 0.3) is 0 Å². The van der Waals surface area contributed by atoms with Crippen LogP contribution in [0.4, 0.5) is 5.82 Å². The summed E-state index contributed by atoms with van der Waals surface area (Å²) in [6.45, 7) is 2.43. The average Bonchev–Trinajstić information content (AvgIpc) is 3.31. The van der Waals surface area contributed by atoms with Gasteiger partial charge in [0.15, 0.2) is 0 Å². The molecule has 100 valence electrons. The highest BCUT2D eigenvalue weighted by molar-refractivity contribution is 5.38. The fourth-order valence-electron chi connectivity index (χ4n) is 2.13. The molecule has 2 aliphatic rings. The lowest BCUT2D eigenvalue weighted by Crippen LogP contribution is -2.27. The van der Waals surface area contributed by atoms with Crippen molar-refractivity contribution in [3.63, 3.8) is 0 Å². The molecule has 4 heteroatoms. The minimum absolute atomic E-state index is 0.616. The molecule has 1 aromatic heterocycles. The lowest BCUT2D eigenvalue weighted by molar-refractivity contribution is 0.667. The molecule has 0 unspecified atom stereocenters. The molecular formula is C15H20N4. The number of aromatic nitrogens is 2. The van der Waals surface area contributed by atoms with Crippen molar-refractivity contribution in [2.75, 3.05) is 18.0 Å². The van der Waals surface area contributed by atoms with Crippen molar-refractivity contribution in [1.82, 2.24) is 15.3 Å². The quantitative estimate of drug-likeness (QED) is 0.752. The van der Waals surface area contributed by atoms with Crippen molar-refractivity contribution in [2.24, 2.45) is 5.92 Å². The average molecular weight is 256 g/mol. The van der Waals surface area contributed by atoms with Gasteiger partial charge in [-0.1, -0.05) is 5.92 Å². The number of nitrogens with zero attached hydrogens (tertiary/aromatic N) is 3. The summed E-state index contributed by atoms with van der Waals surface area (Å²) in [5, 5.41) is 3.46. The van der Waals surface area contributed by atoms with Crippen molar-refractivity contribution in [1.29, 1.82) is 0 Å². The van der Waals surface area contributed by atoms with Gasteiger partial charge < -0.3 is 10.2 Å². The van der Waals surface area contributed by atoms with Crippen LogP contribution < -0.4 is 10.2 Å². The Balaban J connectivity index is 1.65. The van der Waals surface area contributed by atoms with E-state index in [1.807, 2.05) is 12.4 Å². The molecule has 1 aromatic rings. The molecule has 2 aliphatic carbocycles. The maximum atomic E-state index is 5.46. The molecule has 19 heavy (non-hydrogen) atoms. The third kappa shape index (κ3) is 3.68. The molecule has 0 spiro atoms. The zero-order valence-corrected chi connectivity index (χ0v) is 11.2. The van der Waals surface area contributed by atoms with Crippen LogP contribution >= 0.6 is 0 Å². The van der Waals surface area contributed by atoms with Crippen molar-refractivity contribution in [2.45, 2.75) is 38.3 Å². The second-order valence-electron chi connectivity index (χ2n) is 5.55. The largest absolute Gasteiger partial charge is 0.344 e. The maximum Gasteiger partial charge on any atom is 0.148 e. The molecule has 0 aliphatic heterocycles. The Kier molecular flexibility index (Phi) is 3.65. The van der Waals surface area contributed by atoms with Crippen LogP contribution in [0, 0.1) is 18.3 Å². The van der Waals surface area contributed by atoms with Crippen molar-refractivity contribution < 1.29 is 0 Å². The number of anilines is 1. The van der Waals surface area contributed by atoms with Gasteiger partial charge in [0, 0.05) is 25.3 Å². The second-order valence-corrected chi connectivity index (χ2v) is 5.55. The van der Waals surface area contributed by atoms with E-state index in [-0.39, 0.29) is 0 Å². The smallest absolute Gasteiger partial charge is 0.148 e. The lowest BCUT2D eigenvalue weighted by atomic mass is 10.3. The minimum Gasteiger partial charge on any atom is -0.344 e. The van der Waals surface area contributed by atoms with E-state index < -0.39 is 0 Å². The molecule has 2 saturated carbocycles. The van der Waals surface area contributed by atoms with Gasteiger partial charge in [0.1, 0.15) is 5.82 Å². The summed E-state index contributed by atoms with van der Waals surface area (Å²) in [5.41, 5.74) is 1.00. The normalized spacial score (nSPS) is 18.1. The summed E-state index contributed by atoms with van der Waals surface area (Å²) in [4.78, 5) is 11.2. The summed E-state index contributed by atoms with van der Waals surface area (Å²) in [7, 11) is 0. The monoisotopic (exact) mass is 256 g/mol. The molecule has 0 bridgehead atoms. The molecular weight excluding hydrogens is 236 g/mol. The van der Waals surface area contributed by atoms with E-state index in [4.69, 9.17) is 6.42 Å². The Morgan fingerprint density at radius 3 is 2.84 bits per heavy atom. The Labute approximate surface area is 114 Å². The summed E-state index contributed by atoms with van der Waals surface area (Å²) in [6, 6.07) is 0.693. The number of nitrogens with one attached hydrogen (secondary N) is 1. The SMILES string of the molecule is C#CCN(CC1CC1)c1cncc(CNC2CC2)n1. The first kappa shape index (κ1) is 12.4. The van der Waals surface area contributed by atoms with E-state index in [1.165, 1.54) is 25.7 Å². The fourth-order valence-corrected chi connectivity index (χ4v) is 2.13. The molecule has 2 fully saturated rings. The number of rotatable bonds is 7. The van der Waals surface area contributed by atoms with Crippen LogP contribution in [-0.4, -0.2) is 29.1 Å². The first-order valence-corrected chi connectivity index (χ1v) is 7.08. The topological polar surface area (TPSA) is 41.1 Å². The van der Waals surface area contributed by atoms with E-state index in [0.717, 1.165) is 30.5 Å². The molecule has 0 aromatic carbocycles. The fraction of sp³-hybridized carbons (Fsp3) is 0.600. The summed E-state index contributed by atoms with van der Waals surface area (Å²) >= 11 is 0. The van der Waals surface area contributed by atoms with Gasteiger partial charge in [-0.05, 0) is 31.6 Å². The Hall–Kier alpha value is -1.60. The van der Waals surface area contributed by atoms with E-state index in [9.17, 15) is 0 Å². The molecule has 0 amide bonds. The molecule has 0 atom stereocenters. The zero-order chi connectivity index (χ0) is 13.1. The molecule has 4 nitrogen and oxygen atoms in total. The van der Waals surface area contributed by atoms with Gasteiger partial charge in [0.05, 0.1) is 18.4 Å². The van der Waals surface area contributed by atoms with Crippen molar-refractivity contribution in [3.8, 4) is 12.3 Å². The van der Waals surface area contributed by atoms with Gasteiger partial charge in [-0.2, -0.15) is 0 Å². The van der Waals surface area contributed by atoms with Crippen LogP contribution in [0.5, 0.6) is 0 Å². The highest BCUT2D eigenvalue weighted by atomic mass is 15.2. The van der Waals surface area contributed by atoms with Crippen LogP contribution in [0.3, 0.4) is 0 Å². The Morgan fingerprint density at radius 2 is 2.16 bits per heavy atom. The van der Waals surface area contributed by atoms with Crippen LogP contribution in [0.2, 0.25) is 0 Å². The molecule has 0 radical (unpaired) electrons. The van der Waals surface area contributed by atoms with Crippen LogP contribution in [0.25, 0.3) is 0 Å². The second kappa shape index (κ2) is 5.58. The Bertz CT molecular complexity index is 471. The van der Waals surface area contributed by atoms with E-state index in [1.54, 1.807) is 0 Å². The third-order valence-corrected chi connectivity index (χ3v) is 3.60. The van der Waals surface area contributed by atoms with Gasteiger partial charge in [-0.15, -0.1) is 6.42 Å². The number of hydrogen-bond acceptors (Lipinski definition) is 4. The maximum absolute atomic E-state index is 5.46. The Morgan fingerprint density at radius 1 is 1.32 bits per heavy atom. The first-order chi connectivity index (χ1) is 9.35. The van der Waals surface area contributed by atoms with Crippen molar-refractivity contribution in [3.05, 3.63) is 18.1 Å². The van der Waals surface area contributed by atoms with Gasteiger partial charge in [0.2, 0.25) is 0 Å². The summed E-state index contributed by atoms with van der Waals surface area (Å²) in [5.74, 6) is 4.43. The predicted octanol–water partition coefficient (Wildman–Crippen LogP) is 1.58. The van der Waals surface area contributed by atoms with E-state index in [2.05, 4.69) is 26.1 Å². The standard InChI is InChI=1S/C15H20N4/c1-2-7-19(11-12-3-4-12)15-10-16-8-14(18-15)9-17-13-5-6-13/h1,8,10,12-13,17H,3-7,9,11H2. The highest BCUT2D eigenvalue weighted by Crippen LogP contribution is 2.30. The zero-order valence-electron chi connectivity index (χ0n) is 11.2. The molecule has 3 rings (SSSR count). The summed E-state index contributed by atoms with van der Waals surface area (Å²) < 4.78 is 0. The third-order valence-electron chi connectivity index (χ3n) is 3.60. The number of hydrogen-bond donors (Lipinski definition) is 1. The van der Waals surface area contributed by atoms with Gasteiger partial charge in [-0.3, -0.25) is 4.98 Å². The number of terminal acetylenes is 1. The minimum atomic E-state index is 0.616. The predicted molar refractivity (Wildman–Crippen MR) is 75.7 cm³/mol. The van der Waals surface area contributed by atoms with Gasteiger partial charge in [-0.25, -0.2) is 4.98 Å². The summed E-state index contributed by atoms with van der Waals surface area (Å²) in [6.07, 6.45) is 14.3. The first-order valence-electron chi connectivity index (χ1n) is 7.08. The van der Waals surface area contributed by atoms with Crippen LogP contribution in [0.1, 0.15) is 31.4 Å². The van der Waals surface area contributed by atoms with Crippen LogP contribution in [-0.2, 0) is 6.54 Å². The molecule has 1 N–H and O–H groups in total.